The van der Waals surface area contributed by atoms with Gasteiger partial charge in [-0.1, -0.05) is 30.3 Å². The molecule has 0 saturated heterocycles. The Morgan fingerprint density at radius 2 is 1.90 bits per heavy atom. The van der Waals surface area contributed by atoms with Crippen LogP contribution in [0.1, 0.15) is 5.56 Å². The maximum absolute atomic E-state index is 13.9. The average molecular weight is 291 g/mol. The third kappa shape index (κ3) is 4.25. The minimum atomic E-state index is -0.279. The molecule has 0 aliphatic carbocycles. The number of nitrogens with one attached hydrogen (secondary N) is 1. The highest BCUT2D eigenvalue weighted by Crippen LogP contribution is 2.20. The van der Waals surface area contributed by atoms with Gasteiger partial charge in [0.1, 0.15) is 0 Å². The zero-order chi connectivity index (χ0) is 14.2. The molecule has 0 radical (unpaired) electrons. The first-order chi connectivity index (χ1) is 9.81. The largest absolute Gasteiger partial charge is 0.494 e. The Labute approximate surface area is 123 Å². The van der Waals surface area contributed by atoms with E-state index < -0.39 is 0 Å². The first kappa shape index (κ1) is 14.9. The van der Waals surface area contributed by atoms with E-state index in [1.807, 2.05) is 18.2 Å². The summed E-state index contributed by atoms with van der Waals surface area (Å²) in [5, 5.41) is 3.25. The van der Waals surface area contributed by atoms with Crippen LogP contribution in [-0.4, -0.2) is 19.4 Å². The molecule has 4 heteroatoms. The van der Waals surface area contributed by atoms with E-state index in [9.17, 15) is 4.39 Å². The molecule has 0 amide bonds. The Hall–Kier alpha value is -1.52. The number of benzene rings is 2. The topological polar surface area (TPSA) is 21.3 Å². The summed E-state index contributed by atoms with van der Waals surface area (Å²) < 4.78 is 18.8. The predicted molar refractivity (Wildman–Crippen MR) is 81.8 cm³/mol. The Balaban J connectivity index is 1.74. The summed E-state index contributed by atoms with van der Waals surface area (Å²) in [6.07, 6.45) is 0. The molecule has 0 saturated carbocycles. The van der Waals surface area contributed by atoms with Crippen molar-refractivity contribution in [3.05, 3.63) is 59.9 Å². The predicted octanol–water partition coefficient (Wildman–Crippen LogP) is 3.72. The van der Waals surface area contributed by atoms with Crippen LogP contribution in [0.2, 0.25) is 0 Å². The fourth-order valence-corrected chi connectivity index (χ4v) is 2.66. The number of halogens is 1. The Bertz CT molecular complexity index is 533. The van der Waals surface area contributed by atoms with Crippen LogP contribution in [0.5, 0.6) is 5.75 Å². The lowest BCUT2D eigenvalue weighted by Gasteiger charge is -2.08. The first-order valence-electron chi connectivity index (χ1n) is 6.51. The Morgan fingerprint density at radius 3 is 2.65 bits per heavy atom. The molecular formula is C16H18FNOS. The van der Waals surface area contributed by atoms with Crippen LogP contribution in [0.25, 0.3) is 0 Å². The van der Waals surface area contributed by atoms with Gasteiger partial charge < -0.3 is 10.1 Å². The van der Waals surface area contributed by atoms with Crippen LogP contribution in [0, 0.1) is 5.82 Å². The van der Waals surface area contributed by atoms with Crippen molar-refractivity contribution >= 4 is 11.8 Å². The van der Waals surface area contributed by atoms with Crippen molar-refractivity contribution in [3.63, 3.8) is 0 Å². The minimum Gasteiger partial charge on any atom is -0.494 e. The third-order valence-corrected chi connectivity index (χ3v) is 3.88. The number of hydrogen-bond donors (Lipinski definition) is 1. The maximum Gasteiger partial charge on any atom is 0.169 e. The molecule has 2 rings (SSSR count). The van der Waals surface area contributed by atoms with E-state index >= 15 is 0 Å². The lowest BCUT2D eigenvalue weighted by Crippen LogP contribution is -2.17. The van der Waals surface area contributed by atoms with E-state index in [1.54, 1.807) is 30.0 Å². The molecule has 2 nitrogen and oxygen atoms in total. The summed E-state index contributed by atoms with van der Waals surface area (Å²) >= 11 is 1.79. The summed E-state index contributed by atoms with van der Waals surface area (Å²) in [5.74, 6) is 0.969. The highest BCUT2D eigenvalue weighted by Gasteiger charge is 2.07. The number of rotatable bonds is 7. The summed E-state index contributed by atoms with van der Waals surface area (Å²) in [4.78, 5) is 1.25. The van der Waals surface area contributed by atoms with Crippen molar-refractivity contribution in [2.75, 3.05) is 19.4 Å². The SMILES string of the molecule is COc1cccc(CNCCSc2ccccc2)c1F. The van der Waals surface area contributed by atoms with E-state index in [0.717, 1.165) is 12.3 Å². The zero-order valence-corrected chi connectivity index (χ0v) is 12.3. The van der Waals surface area contributed by atoms with Crippen LogP contribution in [0.4, 0.5) is 4.39 Å². The van der Waals surface area contributed by atoms with Gasteiger partial charge in [0, 0.05) is 29.3 Å². The quantitative estimate of drug-likeness (QED) is 0.620. The van der Waals surface area contributed by atoms with Crippen molar-refractivity contribution in [2.45, 2.75) is 11.4 Å². The fraction of sp³-hybridized carbons (Fsp3) is 0.250. The molecule has 0 unspecified atom stereocenters. The number of thioether (sulfide) groups is 1. The standard InChI is InChI=1S/C16H18FNOS/c1-19-15-9-5-6-13(16(15)17)12-18-10-11-20-14-7-3-2-4-8-14/h2-9,18H,10-12H2,1H3. The smallest absolute Gasteiger partial charge is 0.169 e. The Morgan fingerprint density at radius 1 is 1.10 bits per heavy atom. The molecule has 0 fully saturated rings. The van der Waals surface area contributed by atoms with E-state index in [0.29, 0.717) is 17.9 Å². The summed E-state index contributed by atoms with van der Waals surface area (Å²) in [6, 6.07) is 15.5. The molecule has 0 spiro atoms. The van der Waals surface area contributed by atoms with Gasteiger partial charge in [-0.2, -0.15) is 0 Å². The van der Waals surface area contributed by atoms with Crippen molar-refractivity contribution in [2.24, 2.45) is 0 Å². The van der Waals surface area contributed by atoms with Gasteiger partial charge in [-0.15, -0.1) is 11.8 Å². The number of hydrogen-bond acceptors (Lipinski definition) is 3. The lowest BCUT2D eigenvalue weighted by atomic mass is 10.2. The molecule has 0 atom stereocenters. The molecule has 20 heavy (non-hydrogen) atoms. The monoisotopic (exact) mass is 291 g/mol. The second-order valence-corrected chi connectivity index (χ2v) is 5.44. The average Bonchev–Trinajstić information content (AvgIpc) is 2.49. The van der Waals surface area contributed by atoms with Crippen LogP contribution >= 0.6 is 11.8 Å². The van der Waals surface area contributed by atoms with E-state index in [-0.39, 0.29) is 5.82 Å². The van der Waals surface area contributed by atoms with Gasteiger partial charge in [0.05, 0.1) is 7.11 Å². The molecule has 0 aliphatic rings. The summed E-state index contributed by atoms with van der Waals surface area (Å²) in [5.41, 5.74) is 0.633. The van der Waals surface area contributed by atoms with E-state index in [2.05, 4.69) is 17.4 Å². The molecule has 1 N–H and O–H groups in total. The first-order valence-corrected chi connectivity index (χ1v) is 7.50. The van der Waals surface area contributed by atoms with Crippen LogP contribution in [0.3, 0.4) is 0 Å². The second kappa shape index (κ2) is 7.92. The van der Waals surface area contributed by atoms with Gasteiger partial charge in [-0.05, 0) is 18.2 Å². The zero-order valence-electron chi connectivity index (χ0n) is 11.4. The van der Waals surface area contributed by atoms with Crippen molar-refractivity contribution in [1.29, 1.82) is 0 Å². The highest BCUT2D eigenvalue weighted by molar-refractivity contribution is 7.99. The van der Waals surface area contributed by atoms with Crippen LogP contribution in [-0.2, 0) is 6.54 Å². The minimum absolute atomic E-state index is 0.279. The second-order valence-electron chi connectivity index (χ2n) is 4.27. The molecule has 0 aromatic heterocycles. The Kier molecular flexibility index (Phi) is 5.89. The van der Waals surface area contributed by atoms with Crippen LogP contribution in [0.15, 0.2) is 53.4 Å². The molecule has 0 heterocycles. The van der Waals surface area contributed by atoms with Gasteiger partial charge in [-0.3, -0.25) is 0 Å². The maximum atomic E-state index is 13.9. The number of methoxy groups -OCH3 is 1. The molecule has 0 bridgehead atoms. The van der Waals surface area contributed by atoms with Gasteiger partial charge in [0.25, 0.3) is 0 Å². The van der Waals surface area contributed by atoms with Gasteiger partial charge >= 0.3 is 0 Å². The third-order valence-electron chi connectivity index (χ3n) is 2.87. The van der Waals surface area contributed by atoms with Crippen molar-refractivity contribution in [3.8, 4) is 5.75 Å². The van der Waals surface area contributed by atoms with Gasteiger partial charge in [-0.25, -0.2) is 4.39 Å². The normalized spacial score (nSPS) is 10.5. The van der Waals surface area contributed by atoms with Crippen molar-refractivity contribution < 1.29 is 9.13 Å². The molecular weight excluding hydrogens is 273 g/mol. The van der Waals surface area contributed by atoms with E-state index in [4.69, 9.17) is 4.74 Å². The summed E-state index contributed by atoms with van der Waals surface area (Å²) in [7, 11) is 1.48. The summed E-state index contributed by atoms with van der Waals surface area (Å²) in [6.45, 7) is 1.34. The van der Waals surface area contributed by atoms with Gasteiger partial charge in [0.15, 0.2) is 11.6 Å². The lowest BCUT2D eigenvalue weighted by molar-refractivity contribution is 0.383. The van der Waals surface area contributed by atoms with E-state index in [1.165, 1.54) is 12.0 Å². The van der Waals surface area contributed by atoms with Gasteiger partial charge in [0.2, 0.25) is 0 Å². The molecule has 106 valence electrons. The molecule has 2 aromatic rings. The highest BCUT2D eigenvalue weighted by atomic mass is 32.2. The fourth-order valence-electron chi connectivity index (χ4n) is 1.83. The van der Waals surface area contributed by atoms with Crippen molar-refractivity contribution in [1.82, 2.24) is 5.32 Å². The molecule has 0 aliphatic heterocycles. The number of ether oxygens (including phenoxy) is 1. The molecule has 2 aromatic carbocycles. The van der Waals surface area contributed by atoms with Crippen LogP contribution < -0.4 is 10.1 Å².